The zero-order valence-electron chi connectivity index (χ0n) is 17.1. The highest BCUT2D eigenvalue weighted by Crippen LogP contribution is 2.27. The van der Waals surface area contributed by atoms with E-state index in [-0.39, 0.29) is 18.6 Å². The third-order valence-corrected chi connectivity index (χ3v) is 5.81. The Kier molecular flexibility index (Phi) is 8.58. The van der Waals surface area contributed by atoms with E-state index < -0.39 is 6.09 Å². The molecule has 0 spiro atoms. The van der Waals surface area contributed by atoms with Gasteiger partial charge in [0, 0.05) is 26.7 Å². The molecule has 3 aromatic rings. The Morgan fingerprint density at radius 1 is 1.00 bits per heavy atom. The zero-order valence-corrected chi connectivity index (χ0v) is 17.9. The molecule has 2 aromatic carbocycles. The smallest absolute Gasteiger partial charge is 0.407 e. The first-order chi connectivity index (χ1) is 15.2. The predicted molar refractivity (Wildman–Crippen MR) is 122 cm³/mol. The Labute approximate surface area is 183 Å². The number of nitrogens with one attached hydrogen (secondary N) is 1. The summed E-state index contributed by atoms with van der Waals surface area (Å²) in [7, 11) is 0. The minimum absolute atomic E-state index is 0.0121. The second-order valence-electron chi connectivity index (χ2n) is 6.88. The van der Waals surface area contributed by atoms with Crippen LogP contribution in [0.3, 0.4) is 0 Å². The predicted octanol–water partition coefficient (Wildman–Crippen LogP) is 4.42. The van der Waals surface area contributed by atoms with Crippen molar-refractivity contribution in [1.82, 2.24) is 5.32 Å². The number of unbranched alkanes of at least 4 members (excludes halogenated alkanes) is 3. The normalized spacial score (nSPS) is 10.6. The first kappa shape index (κ1) is 22.5. The van der Waals surface area contributed by atoms with Gasteiger partial charge in [0.25, 0.3) is 0 Å². The van der Waals surface area contributed by atoms with Crippen molar-refractivity contribution in [1.29, 1.82) is 0 Å². The molecule has 0 aliphatic heterocycles. The van der Waals surface area contributed by atoms with Crippen LogP contribution in [0.4, 0.5) is 4.79 Å². The van der Waals surface area contributed by atoms with Crippen LogP contribution in [0.1, 0.15) is 25.7 Å². The topological polar surface area (TPSA) is 94.1 Å². The van der Waals surface area contributed by atoms with E-state index >= 15 is 0 Å². The number of rotatable bonds is 11. The van der Waals surface area contributed by atoms with Gasteiger partial charge >= 0.3 is 6.09 Å². The third-order valence-electron chi connectivity index (χ3n) is 4.66. The molecule has 8 heteroatoms. The number of hydrogen-bond donors (Lipinski definition) is 1. The Balaban J connectivity index is 1.39. The Morgan fingerprint density at radius 3 is 2.68 bits per heavy atom. The van der Waals surface area contributed by atoms with Crippen molar-refractivity contribution in [2.75, 3.05) is 26.3 Å². The van der Waals surface area contributed by atoms with Crippen molar-refractivity contribution < 1.29 is 19.1 Å². The lowest BCUT2D eigenvalue weighted by atomic mass is 10.2. The van der Waals surface area contributed by atoms with Crippen LogP contribution in [0.15, 0.2) is 52.3 Å². The number of fused-ring (bicyclic) bond motifs is 2. The van der Waals surface area contributed by atoms with Gasteiger partial charge in [-0.25, -0.2) is 14.6 Å². The Morgan fingerprint density at radius 2 is 1.81 bits per heavy atom. The maximum atomic E-state index is 12.7. The summed E-state index contributed by atoms with van der Waals surface area (Å²) in [4.78, 5) is 37.8. The second-order valence-corrected chi connectivity index (χ2v) is 7.97. The fourth-order valence-electron chi connectivity index (χ4n) is 3.12. The van der Waals surface area contributed by atoms with Crippen LogP contribution in [0.25, 0.3) is 20.2 Å². The average molecular weight is 441 g/mol. The highest BCUT2D eigenvalue weighted by Gasteiger charge is 2.07. The van der Waals surface area contributed by atoms with Gasteiger partial charge in [-0.15, -0.1) is 11.3 Å². The van der Waals surface area contributed by atoms with Gasteiger partial charge in [0.05, 0.1) is 6.54 Å². The average Bonchev–Trinajstić information content (AvgIpc) is 2.79. The van der Waals surface area contributed by atoms with Gasteiger partial charge in [-0.1, -0.05) is 25.0 Å². The number of nitrogens with zero attached hydrogens (tertiary/aromatic N) is 1. The molecule has 1 aromatic heterocycles. The summed E-state index contributed by atoms with van der Waals surface area (Å²) < 4.78 is 12.6. The molecule has 31 heavy (non-hydrogen) atoms. The number of isocyanates is 1. The molecule has 1 heterocycles. The quantitative estimate of drug-likeness (QED) is 0.206. The third kappa shape index (κ3) is 6.64. The molecular formula is C23H24N2O5S. The molecule has 0 saturated carbocycles. The molecule has 1 N–H and O–H groups in total. The number of ether oxygens (including phenoxy) is 2. The van der Waals surface area contributed by atoms with E-state index in [0.29, 0.717) is 29.6 Å². The molecule has 162 valence electrons. The number of alkyl carbamates (subject to hydrolysis) is 1. The standard InChI is InChI=1S/C23H24N2O5S/c26-16-24-11-5-1-2-6-12-25-23(28)30-14-13-29-17-9-10-21-19(15-17)22(27)18-7-3-4-8-20(18)31-21/h3-4,7-10,15H,1-2,5-6,11-14H2,(H,25,28). The molecular weight excluding hydrogens is 416 g/mol. The first-order valence-electron chi connectivity index (χ1n) is 10.2. The minimum atomic E-state index is -0.484. The number of hydrogen-bond acceptors (Lipinski definition) is 7. The van der Waals surface area contributed by atoms with Crippen LogP contribution in [0.2, 0.25) is 0 Å². The van der Waals surface area contributed by atoms with Crippen LogP contribution in [0.5, 0.6) is 5.75 Å². The van der Waals surface area contributed by atoms with E-state index in [4.69, 9.17) is 9.47 Å². The molecule has 0 radical (unpaired) electrons. The fourth-order valence-corrected chi connectivity index (χ4v) is 4.17. The Bertz CT molecular complexity index is 1140. The first-order valence-corrected chi connectivity index (χ1v) is 11.0. The van der Waals surface area contributed by atoms with Crippen molar-refractivity contribution >= 4 is 43.7 Å². The highest BCUT2D eigenvalue weighted by molar-refractivity contribution is 7.24. The van der Waals surface area contributed by atoms with Gasteiger partial charge in [0.2, 0.25) is 6.08 Å². The maximum Gasteiger partial charge on any atom is 0.407 e. The van der Waals surface area contributed by atoms with Crippen molar-refractivity contribution in [3.63, 3.8) is 0 Å². The van der Waals surface area contributed by atoms with E-state index in [1.165, 1.54) is 6.08 Å². The summed E-state index contributed by atoms with van der Waals surface area (Å²) in [5, 5.41) is 4.01. The summed E-state index contributed by atoms with van der Waals surface area (Å²) in [6, 6.07) is 13.0. The summed E-state index contributed by atoms with van der Waals surface area (Å²) in [5.74, 6) is 0.565. The largest absolute Gasteiger partial charge is 0.490 e. The summed E-state index contributed by atoms with van der Waals surface area (Å²) in [6.07, 6.45) is 4.60. The molecule has 7 nitrogen and oxygen atoms in total. The SMILES string of the molecule is O=C=NCCCCCCNC(=O)OCCOc1ccc2sc3ccccc3c(=O)c2c1. The van der Waals surface area contributed by atoms with E-state index in [1.807, 2.05) is 36.4 Å². The molecule has 0 aliphatic rings. The highest BCUT2D eigenvalue weighted by atomic mass is 32.1. The van der Waals surface area contributed by atoms with Gasteiger partial charge in [-0.3, -0.25) is 4.79 Å². The molecule has 0 saturated heterocycles. The number of carbonyl (C=O) groups is 1. The molecule has 0 atom stereocenters. The van der Waals surface area contributed by atoms with Gasteiger partial charge in [-0.05, 0) is 43.2 Å². The van der Waals surface area contributed by atoms with E-state index in [2.05, 4.69) is 10.3 Å². The molecule has 1 amide bonds. The molecule has 0 unspecified atom stereocenters. The van der Waals surface area contributed by atoms with Gasteiger partial charge < -0.3 is 14.8 Å². The molecule has 0 fully saturated rings. The summed E-state index contributed by atoms with van der Waals surface area (Å²) in [6.45, 7) is 1.34. The number of carbonyl (C=O) groups excluding carboxylic acids is 2. The van der Waals surface area contributed by atoms with Crippen LogP contribution in [-0.4, -0.2) is 38.5 Å². The minimum Gasteiger partial charge on any atom is -0.490 e. The lowest BCUT2D eigenvalue weighted by Crippen LogP contribution is -2.26. The van der Waals surface area contributed by atoms with E-state index in [0.717, 1.165) is 35.1 Å². The van der Waals surface area contributed by atoms with Crippen molar-refractivity contribution in [3.05, 3.63) is 52.7 Å². The van der Waals surface area contributed by atoms with Crippen LogP contribution < -0.4 is 15.5 Å². The van der Waals surface area contributed by atoms with Gasteiger partial charge in [-0.2, -0.15) is 0 Å². The number of benzene rings is 2. The maximum absolute atomic E-state index is 12.7. The monoisotopic (exact) mass is 440 g/mol. The lowest BCUT2D eigenvalue weighted by molar-refractivity contribution is 0.125. The lowest BCUT2D eigenvalue weighted by Gasteiger charge is -2.09. The van der Waals surface area contributed by atoms with E-state index in [9.17, 15) is 14.4 Å². The zero-order chi connectivity index (χ0) is 21.9. The molecule has 3 rings (SSSR count). The van der Waals surface area contributed by atoms with Gasteiger partial charge in [0.15, 0.2) is 5.43 Å². The van der Waals surface area contributed by atoms with E-state index in [1.54, 1.807) is 17.4 Å². The van der Waals surface area contributed by atoms with Crippen LogP contribution in [-0.2, 0) is 9.53 Å². The Hall–Kier alpha value is -3.22. The fraction of sp³-hybridized carbons (Fsp3) is 0.348. The van der Waals surface area contributed by atoms with Gasteiger partial charge in [0.1, 0.15) is 19.0 Å². The number of aliphatic imine (C=N–C) groups is 1. The molecule has 0 bridgehead atoms. The van der Waals surface area contributed by atoms with Crippen molar-refractivity contribution in [2.24, 2.45) is 4.99 Å². The molecule has 0 aliphatic carbocycles. The second kappa shape index (κ2) is 11.8. The number of amides is 1. The van der Waals surface area contributed by atoms with Crippen molar-refractivity contribution in [3.8, 4) is 5.75 Å². The summed E-state index contributed by atoms with van der Waals surface area (Å²) >= 11 is 1.57. The van der Waals surface area contributed by atoms with Crippen molar-refractivity contribution in [2.45, 2.75) is 25.7 Å². The van der Waals surface area contributed by atoms with Crippen LogP contribution >= 0.6 is 11.3 Å². The van der Waals surface area contributed by atoms with Crippen LogP contribution in [0, 0.1) is 0 Å². The summed E-state index contributed by atoms with van der Waals surface area (Å²) in [5.41, 5.74) is -0.0121.